The molecule has 2 nitrogen and oxygen atoms in total. The van der Waals surface area contributed by atoms with Crippen LogP contribution in [-0.4, -0.2) is 19.5 Å². The van der Waals surface area contributed by atoms with Crippen molar-refractivity contribution in [2.45, 2.75) is 19.3 Å². The molecule has 0 aliphatic carbocycles. The van der Waals surface area contributed by atoms with Crippen molar-refractivity contribution in [2.24, 2.45) is 0 Å². The third-order valence-corrected chi connectivity index (χ3v) is 3.09. The fourth-order valence-electron chi connectivity index (χ4n) is 2.14. The molecule has 0 amide bonds. The maximum atomic E-state index is 12.2. The van der Waals surface area contributed by atoms with Crippen LogP contribution in [0.15, 0.2) is 42.5 Å². The van der Waals surface area contributed by atoms with E-state index in [2.05, 4.69) is 0 Å². The summed E-state index contributed by atoms with van der Waals surface area (Å²) in [5.74, 6) is 0.225. The maximum Gasteiger partial charge on any atom is 0.163 e. The van der Waals surface area contributed by atoms with Crippen molar-refractivity contribution in [2.75, 3.05) is 13.7 Å². The minimum atomic E-state index is 0.225. The van der Waals surface area contributed by atoms with Gasteiger partial charge < -0.3 is 4.74 Å². The number of carbonyl (C=O) groups is 1. The predicted molar refractivity (Wildman–Crippen MR) is 74.0 cm³/mol. The molecule has 0 saturated heterocycles. The molecule has 0 spiro atoms. The van der Waals surface area contributed by atoms with Crippen LogP contribution in [-0.2, 0) is 4.74 Å². The zero-order valence-electron chi connectivity index (χ0n) is 10.7. The lowest BCUT2D eigenvalue weighted by Crippen LogP contribution is -2.01. The summed E-state index contributed by atoms with van der Waals surface area (Å²) in [6.45, 7) is 0.725. The van der Waals surface area contributed by atoms with Crippen LogP contribution in [0.4, 0.5) is 0 Å². The highest BCUT2D eigenvalue weighted by Gasteiger charge is 2.08. The van der Waals surface area contributed by atoms with Gasteiger partial charge in [0.25, 0.3) is 0 Å². The highest BCUT2D eigenvalue weighted by atomic mass is 16.5. The number of hydrogen-bond acceptors (Lipinski definition) is 2. The molecule has 0 heterocycles. The van der Waals surface area contributed by atoms with Crippen molar-refractivity contribution >= 4 is 16.6 Å². The molecular weight excluding hydrogens is 224 g/mol. The number of Topliss-reactive ketones (excluding diaryl/α,β-unsaturated/α-hetero) is 1. The Bertz CT molecular complexity index is 526. The molecule has 0 aliphatic heterocycles. The van der Waals surface area contributed by atoms with Crippen molar-refractivity contribution in [3.8, 4) is 0 Å². The smallest absolute Gasteiger partial charge is 0.163 e. The summed E-state index contributed by atoms with van der Waals surface area (Å²) < 4.78 is 4.99. The van der Waals surface area contributed by atoms with Crippen LogP contribution in [0.1, 0.15) is 29.6 Å². The van der Waals surface area contributed by atoms with Crippen molar-refractivity contribution in [1.29, 1.82) is 0 Å². The fourth-order valence-corrected chi connectivity index (χ4v) is 2.14. The van der Waals surface area contributed by atoms with E-state index in [9.17, 15) is 4.79 Å². The van der Waals surface area contributed by atoms with Gasteiger partial charge in [0.2, 0.25) is 0 Å². The Morgan fingerprint density at radius 3 is 2.67 bits per heavy atom. The first-order valence-electron chi connectivity index (χ1n) is 6.33. The standard InChI is InChI=1S/C16H18O2/c1-18-12-5-4-11-16(17)15-10-6-8-13-7-2-3-9-14(13)15/h2-3,6-10H,4-5,11-12H2,1H3. The summed E-state index contributed by atoms with van der Waals surface area (Å²) in [5.41, 5.74) is 0.838. The topological polar surface area (TPSA) is 26.3 Å². The van der Waals surface area contributed by atoms with Crippen LogP contribution in [0.2, 0.25) is 0 Å². The van der Waals surface area contributed by atoms with Crippen molar-refractivity contribution < 1.29 is 9.53 Å². The molecule has 0 unspecified atom stereocenters. The molecule has 0 fully saturated rings. The molecule has 18 heavy (non-hydrogen) atoms. The normalized spacial score (nSPS) is 10.7. The predicted octanol–water partition coefficient (Wildman–Crippen LogP) is 3.84. The van der Waals surface area contributed by atoms with Crippen LogP contribution in [0.3, 0.4) is 0 Å². The number of hydrogen-bond donors (Lipinski definition) is 0. The second-order valence-corrected chi connectivity index (χ2v) is 4.40. The summed E-state index contributed by atoms with van der Waals surface area (Å²) in [4.78, 5) is 12.2. The Kier molecular flexibility index (Phi) is 4.48. The van der Waals surface area contributed by atoms with Gasteiger partial charge in [0.15, 0.2) is 5.78 Å². The number of methoxy groups -OCH3 is 1. The van der Waals surface area contributed by atoms with Gasteiger partial charge in [-0.15, -0.1) is 0 Å². The average Bonchev–Trinajstić information content (AvgIpc) is 2.43. The number of ether oxygens (including phenoxy) is 1. The Balaban J connectivity index is 2.13. The van der Waals surface area contributed by atoms with Gasteiger partial charge >= 0.3 is 0 Å². The quantitative estimate of drug-likeness (QED) is 0.568. The molecule has 2 aromatic rings. The van der Waals surface area contributed by atoms with Crippen molar-refractivity contribution in [3.05, 3.63) is 48.0 Å². The molecule has 0 radical (unpaired) electrons. The van der Waals surface area contributed by atoms with Crippen LogP contribution in [0.25, 0.3) is 10.8 Å². The Hall–Kier alpha value is -1.67. The van der Waals surface area contributed by atoms with E-state index >= 15 is 0 Å². The van der Waals surface area contributed by atoms with E-state index in [1.54, 1.807) is 7.11 Å². The summed E-state index contributed by atoms with van der Waals surface area (Å²) in [7, 11) is 1.69. The first-order valence-corrected chi connectivity index (χ1v) is 6.33. The second-order valence-electron chi connectivity index (χ2n) is 4.40. The SMILES string of the molecule is COCCCCC(=O)c1cccc2ccccc12. The molecule has 0 bridgehead atoms. The van der Waals surface area contributed by atoms with Crippen LogP contribution < -0.4 is 0 Å². The summed E-state index contributed by atoms with van der Waals surface area (Å²) >= 11 is 0. The summed E-state index contributed by atoms with van der Waals surface area (Å²) in [6, 6.07) is 13.9. The van der Waals surface area contributed by atoms with Crippen LogP contribution in [0.5, 0.6) is 0 Å². The lowest BCUT2D eigenvalue weighted by Gasteiger charge is -2.05. The minimum Gasteiger partial charge on any atom is -0.385 e. The lowest BCUT2D eigenvalue weighted by molar-refractivity contribution is 0.0976. The largest absolute Gasteiger partial charge is 0.385 e. The van der Waals surface area contributed by atoms with Crippen LogP contribution >= 0.6 is 0 Å². The zero-order valence-corrected chi connectivity index (χ0v) is 10.7. The minimum absolute atomic E-state index is 0.225. The zero-order chi connectivity index (χ0) is 12.8. The molecule has 0 aromatic heterocycles. The molecule has 0 saturated carbocycles. The monoisotopic (exact) mass is 242 g/mol. The highest BCUT2D eigenvalue weighted by molar-refractivity contribution is 6.08. The molecule has 94 valence electrons. The molecule has 2 rings (SSSR count). The van der Waals surface area contributed by atoms with Gasteiger partial charge in [0, 0.05) is 25.7 Å². The highest BCUT2D eigenvalue weighted by Crippen LogP contribution is 2.20. The molecule has 0 aliphatic rings. The van der Waals surface area contributed by atoms with Gasteiger partial charge in [0.05, 0.1) is 0 Å². The first kappa shape index (κ1) is 12.8. The van der Waals surface area contributed by atoms with E-state index in [1.165, 1.54) is 0 Å². The van der Waals surface area contributed by atoms with Crippen molar-refractivity contribution in [3.63, 3.8) is 0 Å². The maximum absolute atomic E-state index is 12.2. The van der Waals surface area contributed by atoms with E-state index < -0.39 is 0 Å². The van der Waals surface area contributed by atoms with Gasteiger partial charge in [-0.05, 0) is 23.6 Å². The number of rotatable bonds is 6. The molecule has 0 atom stereocenters. The number of unbranched alkanes of at least 4 members (excludes halogenated alkanes) is 1. The lowest BCUT2D eigenvalue weighted by atomic mass is 9.99. The van der Waals surface area contributed by atoms with Gasteiger partial charge in [-0.1, -0.05) is 42.5 Å². The van der Waals surface area contributed by atoms with Gasteiger partial charge in [-0.25, -0.2) is 0 Å². The Morgan fingerprint density at radius 2 is 1.83 bits per heavy atom. The summed E-state index contributed by atoms with van der Waals surface area (Å²) in [6.07, 6.45) is 2.42. The number of fused-ring (bicyclic) bond motifs is 1. The van der Waals surface area contributed by atoms with Crippen molar-refractivity contribution in [1.82, 2.24) is 0 Å². The second kappa shape index (κ2) is 6.31. The fraction of sp³-hybridized carbons (Fsp3) is 0.312. The molecule has 0 N–H and O–H groups in total. The van der Waals surface area contributed by atoms with Gasteiger partial charge in [0.1, 0.15) is 0 Å². The first-order chi connectivity index (χ1) is 8.83. The molecule has 2 heteroatoms. The summed E-state index contributed by atoms with van der Waals surface area (Å²) in [5, 5.41) is 2.18. The Labute approximate surface area is 108 Å². The van der Waals surface area contributed by atoms with Crippen LogP contribution in [0, 0.1) is 0 Å². The number of benzene rings is 2. The Morgan fingerprint density at radius 1 is 1.06 bits per heavy atom. The molecular formula is C16H18O2. The third-order valence-electron chi connectivity index (χ3n) is 3.09. The van der Waals surface area contributed by atoms with E-state index in [0.29, 0.717) is 6.42 Å². The van der Waals surface area contributed by atoms with E-state index in [0.717, 1.165) is 35.8 Å². The van der Waals surface area contributed by atoms with E-state index in [4.69, 9.17) is 4.74 Å². The van der Waals surface area contributed by atoms with Gasteiger partial charge in [-0.3, -0.25) is 4.79 Å². The van der Waals surface area contributed by atoms with Gasteiger partial charge in [-0.2, -0.15) is 0 Å². The third kappa shape index (κ3) is 2.96. The van der Waals surface area contributed by atoms with E-state index in [-0.39, 0.29) is 5.78 Å². The number of carbonyl (C=O) groups excluding carboxylic acids is 1. The average molecular weight is 242 g/mol. The van der Waals surface area contributed by atoms with E-state index in [1.807, 2.05) is 42.5 Å². The number of ketones is 1. The molecule has 2 aromatic carbocycles.